The summed E-state index contributed by atoms with van der Waals surface area (Å²) in [5, 5.41) is 3.36. The largest absolute Gasteiger partial charge is 0.463 e. The molecule has 1 atom stereocenters. The van der Waals surface area contributed by atoms with Gasteiger partial charge in [-0.2, -0.15) is 0 Å². The molecule has 1 aromatic rings. The molecule has 1 N–H and O–H groups in total. The zero-order chi connectivity index (χ0) is 14.4. The normalized spacial score (nSPS) is 19.1. The van der Waals surface area contributed by atoms with Gasteiger partial charge in [0.15, 0.2) is 0 Å². The van der Waals surface area contributed by atoms with Crippen molar-refractivity contribution < 1.29 is 13.9 Å². The van der Waals surface area contributed by atoms with Crippen LogP contribution < -0.4 is 5.32 Å². The third-order valence-corrected chi connectivity index (χ3v) is 4.25. The fraction of sp³-hybridized carbons (Fsp3) is 0.688. The summed E-state index contributed by atoms with van der Waals surface area (Å²) in [6, 6.07) is 3.78. The van der Waals surface area contributed by atoms with Gasteiger partial charge in [-0.3, -0.25) is 0 Å². The molecule has 1 saturated carbocycles. The van der Waals surface area contributed by atoms with E-state index in [0.29, 0.717) is 5.92 Å². The van der Waals surface area contributed by atoms with E-state index in [1.165, 1.54) is 52.1 Å². The highest BCUT2D eigenvalue weighted by Gasteiger charge is 2.26. The minimum atomic E-state index is -0.413. The first-order valence-electron chi connectivity index (χ1n) is 7.61. The van der Waals surface area contributed by atoms with Gasteiger partial charge < -0.3 is 14.5 Å². The van der Waals surface area contributed by atoms with E-state index in [1.807, 2.05) is 13.1 Å². The van der Waals surface area contributed by atoms with E-state index in [1.54, 1.807) is 6.07 Å². The quantitative estimate of drug-likeness (QED) is 0.854. The Kier molecular flexibility index (Phi) is 5.65. The number of methoxy groups -OCH3 is 1. The number of rotatable bonds is 4. The first kappa shape index (κ1) is 15.1. The van der Waals surface area contributed by atoms with Crippen LogP contribution >= 0.6 is 0 Å². The minimum absolute atomic E-state index is 0.187. The summed E-state index contributed by atoms with van der Waals surface area (Å²) in [5.41, 5.74) is 0. The van der Waals surface area contributed by atoms with Gasteiger partial charge in [0.05, 0.1) is 13.2 Å². The van der Waals surface area contributed by atoms with Gasteiger partial charge in [0.25, 0.3) is 0 Å². The van der Waals surface area contributed by atoms with Gasteiger partial charge >= 0.3 is 5.97 Å². The van der Waals surface area contributed by atoms with Crippen molar-refractivity contribution in [1.29, 1.82) is 0 Å². The molecule has 1 aliphatic carbocycles. The second kappa shape index (κ2) is 7.48. The van der Waals surface area contributed by atoms with Gasteiger partial charge in [0.1, 0.15) is 5.76 Å². The average molecular weight is 279 g/mol. The molecular formula is C16H25NO3. The summed E-state index contributed by atoms with van der Waals surface area (Å²) in [6.45, 7) is 0. The maximum atomic E-state index is 11.5. The number of esters is 1. The highest BCUT2D eigenvalue weighted by molar-refractivity contribution is 5.86. The Labute approximate surface area is 120 Å². The van der Waals surface area contributed by atoms with Gasteiger partial charge in [-0.15, -0.1) is 0 Å². The van der Waals surface area contributed by atoms with Crippen LogP contribution in [0.1, 0.15) is 67.3 Å². The molecule has 0 bridgehead atoms. The molecule has 1 aliphatic rings. The molecule has 1 aromatic heterocycles. The maximum Gasteiger partial charge on any atom is 0.373 e. The number of hydrogen-bond donors (Lipinski definition) is 1. The number of ether oxygens (including phenoxy) is 1. The predicted octanol–water partition coefficient (Wildman–Crippen LogP) is 3.69. The maximum absolute atomic E-state index is 11.5. The summed E-state index contributed by atoms with van der Waals surface area (Å²) < 4.78 is 10.4. The molecule has 1 heterocycles. The van der Waals surface area contributed by atoms with E-state index in [4.69, 9.17) is 9.15 Å². The number of carbonyl (C=O) groups excluding carboxylic acids is 1. The Morgan fingerprint density at radius 2 is 1.90 bits per heavy atom. The lowest BCUT2D eigenvalue weighted by atomic mass is 9.85. The molecule has 4 nitrogen and oxygen atoms in total. The SMILES string of the molecule is CNC(c1ccc(C(=O)OC)o1)C1CCCCCCC1. The smallest absolute Gasteiger partial charge is 0.373 e. The van der Waals surface area contributed by atoms with Crippen molar-refractivity contribution in [1.82, 2.24) is 5.32 Å². The Balaban J connectivity index is 2.09. The van der Waals surface area contributed by atoms with E-state index in [-0.39, 0.29) is 11.8 Å². The molecule has 4 heteroatoms. The fourth-order valence-electron chi connectivity index (χ4n) is 3.16. The van der Waals surface area contributed by atoms with Crippen LogP contribution in [0.5, 0.6) is 0 Å². The average Bonchev–Trinajstić information content (AvgIpc) is 2.90. The minimum Gasteiger partial charge on any atom is -0.463 e. The number of hydrogen-bond acceptors (Lipinski definition) is 4. The van der Waals surface area contributed by atoms with Crippen LogP contribution in [0.2, 0.25) is 0 Å². The first-order chi connectivity index (χ1) is 9.76. The lowest BCUT2D eigenvalue weighted by Gasteiger charge is -2.27. The molecule has 1 fully saturated rings. The van der Waals surface area contributed by atoms with Crippen LogP contribution in [0.25, 0.3) is 0 Å². The molecule has 112 valence electrons. The van der Waals surface area contributed by atoms with Crippen LogP contribution in [-0.4, -0.2) is 20.1 Å². The van der Waals surface area contributed by atoms with E-state index >= 15 is 0 Å². The van der Waals surface area contributed by atoms with E-state index in [0.717, 1.165) is 5.76 Å². The molecule has 0 aromatic carbocycles. The molecule has 0 amide bonds. The zero-order valence-corrected chi connectivity index (χ0v) is 12.5. The number of carbonyl (C=O) groups is 1. The van der Waals surface area contributed by atoms with Crippen LogP contribution in [0, 0.1) is 5.92 Å². The highest BCUT2D eigenvalue weighted by atomic mass is 16.5. The Bertz CT molecular complexity index is 419. The third-order valence-electron chi connectivity index (χ3n) is 4.25. The monoisotopic (exact) mass is 279 g/mol. The molecule has 0 aliphatic heterocycles. The van der Waals surface area contributed by atoms with Crippen molar-refractivity contribution in [3.8, 4) is 0 Å². The van der Waals surface area contributed by atoms with Crippen molar-refractivity contribution in [2.45, 2.75) is 51.0 Å². The van der Waals surface area contributed by atoms with Crippen molar-refractivity contribution in [2.75, 3.05) is 14.2 Å². The van der Waals surface area contributed by atoms with Crippen LogP contribution in [-0.2, 0) is 4.74 Å². The van der Waals surface area contributed by atoms with Gasteiger partial charge in [-0.1, -0.05) is 32.1 Å². The molecule has 1 unspecified atom stereocenters. The number of furan rings is 1. The molecule has 0 spiro atoms. The fourth-order valence-corrected chi connectivity index (χ4v) is 3.16. The summed E-state index contributed by atoms with van der Waals surface area (Å²) in [4.78, 5) is 11.5. The van der Waals surface area contributed by atoms with Gasteiger partial charge in [0.2, 0.25) is 5.76 Å². The Morgan fingerprint density at radius 1 is 1.25 bits per heavy atom. The highest BCUT2D eigenvalue weighted by Crippen LogP contribution is 2.33. The summed E-state index contributed by atoms with van der Waals surface area (Å²) in [7, 11) is 3.33. The lowest BCUT2D eigenvalue weighted by molar-refractivity contribution is 0.0560. The van der Waals surface area contributed by atoms with Gasteiger partial charge in [-0.05, 0) is 37.9 Å². The molecule has 20 heavy (non-hydrogen) atoms. The van der Waals surface area contributed by atoms with Crippen molar-refractivity contribution in [3.05, 3.63) is 23.7 Å². The van der Waals surface area contributed by atoms with E-state index in [2.05, 4.69) is 5.32 Å². The summed E-state index contributed by atoms with van der Waals surface area (Å²) in [5.74, 6) is 1.30. The third kappa shape index (κ3) is 3.63. The molecular weight excluding hydrogens is 254 g/mol. The standard InChI is InChI=1S/C16H25NO3/c1-17-15(12-8-6-4-3-5-7-9-12)13-10-11-14(20-13)16(18)19-2/h10-12,15,17H,3-9H2,1-2H3. The van der Waals surface area contributed by atoms with Crippen LogP contribution in [0.15, 0.2) is 16.5 Å². The van der Waals surface area contributed by atoms with Crippen molar-refractivity contribution >= 4 is 5.97 Å². The number of nitrogens with one attached hydrogen (secondary N) is 1. The summed E-state index contributed by atoms with van der Waals surface area (Å²) >= 11 is 0. The second-order valence-corrected chi connectivity index (χ2v) is 5.57. The second-order valence-electron chi connectivity index (χ2n) is 5.57. The topological polar surface area (TPSA) is 51.5 Å². The van der Waals surface area contributed by atoms with Crippen molar-refractivity contribution in [2.24, 2.45) is 5.92 Å². The van der Waals surface area contributed by atoms with Crippen LogP contribution in [0.3, 0.4) is 0 Å². The van der Waals surface area contributed by atoms with E-state index < -0.39 is 5.97 Å². The first-order valence-corrected chi connectivity index (χ1v) is 7.61. The Morgan fingerprint density at radius 3 is 2.50 bits per heavy atom. The summed E-state index contributed by atoms with van der Waals surface area (Å²) in [6.07, 6.45) is 9.04. The molecule has 2 rings (SSSR count). The molecule has 0 saturated heterocycles. The van der Waals surface area contributed by atoms with Gasteiger partial charge in [-0.25, -0.2) is 4.79 Å². The zero-order valence-electron chi connectivity index (χ0n) is 12.5. The predicted molar refractivity (Wildman–Crippen MR) is 77.7 cm³/mol. The Hall–Kier alpha value is -1.29. The van der Waals surface area contributed by atoms with Crippen LogP contribution in [0.4, 0.5) is 0 Å². The lowest BCUT2D eigenvalue weighted by Crippen LogP contribution is -2.25. The van der Waals surface area contributed by atoms with E-state index in [9.17, 15) is 4.79 Å². The molecule has 0 radical (unpaired) electrons. The van der Waals surface area contributed by atoms with Gasteiger partial charge in [0, 0.05) is 0 Å². The van der Waals surface area contributed by atoms with Crippen molar-refractivity contribution in [3.63, 3.8) is 0 Å².